The maximum atomic E-state index is 11.9. The number of hydrogen-bond acceptors (Lipinski definition) is 6. The summed E-state index contributed by atoms with van der Waals surface area (Å²) in [6, 6.07) is 5.92. The van der Waals surface area contributed by atoms with Gasteiger partial charge in [0.1, 0.15) is 5.82 Å². The third-order valence-electron chi connectivity index (χ3n) is 7.30. The highest BCUT2D eigenvalue weighted by Crippen LogP contribution is 2.47. The van der Waals surface area contributed by atoms with E-state index in [0.29, 0.717) is 17.7 Å². The minimum atomic E-state index is -0.174. The van der Waals surface area contributed by atoms with Crippen LogP contribution in [0.15, 0.2) is 35.4 Å². The molecule has 5 rings (SSSR count). The predicted octanol–water partition coefficient (Wildman–Crippen LogP) is 3.22. The number of carbonyl (C=O) groups is 1. The van der Waals surface area contributed by atoms with Crippen LogP contribution in [0.25, 0.3) is 11.1 Å². The zero-order valence-electron chi connectivity index (χ0n) is 18.9. The molecule has 3 fully saturated rings. The topological polar surface area (TPSA) is 81.8 Å². The van der Waals surface area contributed by atoms with Crippen molar-refractivity contribution in [2.24, 2.45) is 5.41 Å². The van der Waals surface area contributed by atoms with Crippen molar-refractivity contribution in [3.05, 3.63) is 46.0 Å². The second-order valence-corrected chi connectivity index (χ2v) is 9.88. The van der Waals surface area contributed by atoms with Gasteiger partial charge in [-0.15, -0.1) is 0 Å². The van der Waals surface area contributed by atoms with Crippen molar-refractivity contribution in [1.82, 2.24) is 19.8 Å². The Morgan fingerprint density at radius 2 is 2.06 bits per heavy atom. The van der Waals surface area contributed by atoms with E-state index in [1.807, 2.05) is 24.0 Å². The van der Waals surface area contributed by atoms with Gasteiger partial charge in [-0.2, -0.15) is 0 Å². The summed E-state index contributed by atoms with van der Waals surface area (Å²) in [5.74, 6) is 0.872. The van der Waals surface area contributed by atoms with Crippen molar-refractivity contribution in [3.63, 3.8) is 0 Å². The van der Waals surface area contributed by atoms with Crippen LogP contribution in [0, 0.1) is 5.41 Å². The summed E-state index contributed by atoms with van der Waals surface area (Å²) in [7, 11) is 0. The van der Waals surface area contributed by atoms with Gasteiger partial charge in [0.05, 0.1) is 11.6 Å². The fourth-order valence-corrected chi connectivity index (χ4v) is 5.85. The van der Waals surface area contributed by atoms with Gasteiger partial charge in [-0.05, 0) is 43.9 Å². The normalized spacial score (nSPS) is 22.4. The SMILES string of the molecule is CCOC(=O)N1CC2(CC[C@@H](N3CCN(c4ncc(Cl)cc4-c4cc[nH]c(=O)c4)CC3)C2)C1. The minimum absolute atomic E-state index is 0.143. The van der Waals surface area contributed by atoms with Gasteiger partial charge in [0.2, 0.25) is 5.56 Å². The molecule has 176 valence electrons. The molecule has 2 aromatic rings. The molecule has 4 heterocycles. The molecule has 33 heavy (non-hydrogen) atoms. The summed E-state index contributed by atoms with van der Waals surface area (Å²) in [5.41, 5.74) is 1.84. The second kappa shape index (κ2) is 8.99. The van der Waals surface area contributed by atoms with Crippen molar-refractivity contribution in [2.45, 2.75) is 32.2 Å². The number of ether oxygens (including phenoxy) is 1. The quantitative estimate of drug-likeness (QED) is 0.737. The van der Waals surface area contributed by atoms with Crippen molar-refractivity contribution in [2.75, 3.05) is 50.8 Å². The molecule has 0 unspecified atom stereocenters. The lowest BCUT2D eigenvalue weighted by Crippen LogP contribution is -2.58. The molecule has 2 aromatic heterocycles. The van der Waals surface area contributed by atoms with Crippen LogP contribution in [0.4, 0.5) is 10.6 Å². The van der Waals surface area contributed by atoms with Gasteiger partial charge in [-0.25, -0.2) is 9.78 Å². The maximum absolute atomic E-state index is 11.9. The van der Waals surface area contributed by atoms with Crippen molar-refractivity contribution < 1.29 is 9.53 Å². The molecule has 1 atom stereocenters. The van der Waals surface area contributed by atoms with Crippen molar-refractivity contribution in [1.29, 1.82) is 0 Å². The number of aromatic nitrogens is 2. The summed E-state index contributed by atoms with van der Waals surface area (Å²) in [4.78, 5) is 37.8. The van der Waals surface area contributed by atoms with E-state index in [2.05, 4.69) is 19.8 Å². The van der Waals surface area contributed by atoms with Gasteiger partial charge in [0.25, 0.3) is 0 Å². The summed E-state index contributed by atoms with van der Waals surface area (Å²) >= 11 is 6.24. The monoisotopic (exact) mass is 471 g/mol. The molecule has 1 aliphatic carbocycles. The number of carbonyl (C=O) groups excluding carboxylic acids is 1. The molecule has 0 bridgehead atoms. The van der Waals surface area contributed by atoms with Crippen molar-refractivity contribution >= 4 is 23.5 Å². The van der Waals surface area contributed by atoms with Crippen LogP contribution in [-0.4, -0.2) is 77.8 Å². The van der Waals surface area contributed by atoms with Gasteiger partial charge in [-0.1, -0.05) is 11.6 Å². The Morgan fingerprint density at radius 1 is 1.27 bits per heavy atom. The Labute approximate surface area is 198 Å². The number of anilines is 1. The van der Waals surface area contributed by atoms with Crippen LogP contribution in [0.1, 0.15) is 26.2 Å². The molecule has 1 amide bonds. The molecule has 0 aromatic carbocycles. The lowest BCUT2D eigenvalue weighted by molar-refractivity contribution is -0.00294. The van der Waals surface area contributed by atoms with Crippen LogP contribution in [0.5, 0.6) is 0 Å². The first-order valence-corrected chi connectivity index (χ1v) is 12.1. The summed E-state index contributed by atoms with van der Waals surface area (Å²) in [6.45, 7) is 7.64. The maximum Gasteiger partial charge on any atom is 0.409 e. The first-order chi connectivity index (χ1) is 16.0. The Morgan fingerprint density at radius 3 is 2.79 bits per heavy atom. The van der Waals surface area contributed by atoms with E-state index in [-0.39, 0.29) is 17.1 Å². The first kappa shape index (κ1) is 22.2. The van der Waals surface area contributed by atoms with Gasteiger partial charge < -0.3 is 19.5 Å². The van der Waals surface area contributed by atoms with Crippen LogP contribution in [-0.2, 0) is 4.74 Å². The van der Waals surface area contributed by atoms with Crippen LogP contribution in [0.2, 0.25) is 5.02 Å². The minimum Gasteiger partial charge on any atom is -0.450 e. The predicted molar refractivity (Wildman–Crippen MR) is 128 cm³/mol. The van der Waals surface area contributed by atoms with Gasteiger partial charge >= 0.3 is 6.09 Å². The van der Waals surface area contributed by atoms with Gasteiger partial charge in [0.15, 0.2) is 0 Å². The molecule has 0 radical (unpaired) electrons. The van der Waals surface area contributed by atoms with E-state index in [1.165, 1.54) is 12.8 Å². The summed E-state index contributed by atoms with van der Waals surface area (Å²) in [5, 5.41) is 0.557. The van der Waals surface area contributed by atoms with E-state index >= 15 is 0 Å². The highest BCUT2D eigenvalue weighted by Gasteiger charge is 2.51. The average Bonchev–Trinajstić information content (AvgIpc) is 3.24. The zero-order valence-corrected chi connectivity index (χ0v) is 19.7. The Bertz CT molecular complexity index is 1080. The van der Waals surface area contributed by atoms with E-state index in [4.69, 9.17) is 16.3 Å². The summed E-state index contributed by atoms with van der Waals surface area (Å²) < 4.78 is 5.14. The number of aromatic amines is 1. The van der Waals surface area contributed by atoms with E-state index in [0.717, 1.165) is 62.6 Å². The van der Waals surface area contributed by atoms with Crippen LogP contribution < -0.4 is 10.5 Å². The van der Waals surface area contributed by atoms with Gasteiger partial charge in [0, 0.05) is 74.7 Å². The number of nitrogens with zero attached hydrogens (tertiary/aromatic N) is 4. The standard InChI is InChI=1S/C24H30ClN5O3/c1-2-33-23(32)30-15-24(16-30)5-3-19(13-24)28-7-9-29(10-8-28)22-20(12-18(25)14-27-22)17-4-6-26-21(31)11-17/h4,6,11-12,14,19H,2-3,5,7-10,13,15-16H2,1H3,(H,26,31)/t19-/m1/s1. The van der Waals surface area contributed by atoms with Crippen molar-refractivity contribution in [3.8, 4) is 11.1 Å². The molecular weight excluding hydrogens is 442 g/mol. The number of amides is 1. The lowest BCUT2D eigenvalue weighted by atomic mass is 9.78. The largest absolute Gasteiger partial charge is 0.450 e. The molecule has 8 nitrogen and oxygen atoms in total. The third-order valence-corrected chi connectivity index (χ3v) is 7.51. The number of halogens is 1. The molecule has 1 N–H and O–H groups in total. The number of piperazine rings is 1. The number of nitrogens with one attached hydrogen (secondary N) is 1. The molecule has 9 heteroatoms. The Balaban J connectivity index is 1.21. The fourth-order valence-electron chi connectivity index (χ4n) is 5.69. The lowest BCUT2D eigenvalue weighted by Gasteiger charge is -2.48. The molecule has 3 aliphatic rings. The van der Waals surface area contributed by atoms with E-state index in [1.54, 1.807) is 18.5 Å². The van der Waals surface area contributed by atoms with E-state index < -0.39 is 0 Å². The highest BCUT2D eigenvalue weighted by atomic mass is 35.5. The zero-order chi connectivity index (χ0) is 23.0. The van der Waals surface area contributed by atoms with Crippen LogP contribution in [0.3, 0.4) is 0 Å². The van der Waals surface area contributed by atoms with E-state index in [9.17, 15) is 9.59 Å². The highest BCUT2D eigenvalue weighted by molar-refractivity contribution is 6.30. The first-order valence-electron chi connectivity index (χ1n) is 11.7. The number of pyridine rings is 2. The average molecular weight is 472 g/mol. The second-order valence-electron chi connectivity index (χ2n) is 9.44. The molecule has 1 saturated carbocycles. The fraction of sp³-hybridized carbons (Fsp3) is 0.542. The third kappa shape index (κ3) is 4.46. The number of H-pyrrole nitrogens is 1. The number of likely N-dealkylation sites (tertiary alicyclic amines) is 1. The van der Waals surface area contributed by atoms with Gasteiger partial charge in [-0.3, -0.25) is 9.69 Å². The molecule has 2 saturated heterocycles. The smallest absolute Gasteiger partial charge is 0.409 e. The molecular formula is C24H30ClN5O3. The Hall–Kier alpha value is -2.58. The molecule has 2 aliphatic heterocycles. The number of hydrogen-bond donors (Lipinski definition) is 1. The Kier molecular flexibility index (Phi) is 6.05. The van der Waals surface area contributed by atoms with Crippen LogP contribution >= 0.6 is 11.6 Å². The molecule has 1 spiro atoms. The number of rotatable bonds is 4. The summed E-state index contributed by atoms with van der Waals surface area (Å²) in [6.07, 6.45) is 6.67.